The molecule has 110 valence electrons. The van der Waals surface area contributed by atoms with Gasteiger partial charge in [0.25, 0.3) is 5.91 Å². The normalized spacial score (nSPS) is 20.6. The molecule has 6 heteroatoms. The smallest absolute Gasteiger partial charge is 0.253 e. The number of aryl methyl sites for hydroxylation is 1. The van der Waals surface area contributed by atoms with Gasteiger partial charge in [-0.05, 0) is 37.1 Å². The molecule has 1 saturated heterocycles. The number of hydrogen-bond acceptors (Lipinski definition) is 4. The summed E-state index contributed by atoms with van der Waals surface area (Å²) in [4.78, 5) is 14.0. The van der Waals surface area contributed by atoms with E-state index in [4.69, 9.17) is 0 Å². The Morgan fingerprint density at radius 1 is 1.40 bits per heavy atom. The highest BCUT2D eigenvalue weighted by Crippen LogP contribution is 2.21. The molecule has 1 atom stereocenters. The Hall–Kier alpha value is -1.56. The lowest BCUT2D eigenvalue weighted by molar-refractivity contribution is 0.0747. The first-order valence-electron chi connectivity index (χ1n) is 6.60. The first-order chi connectivity index (χ1) is 9.34. The molecule has 1 aliphatic rings. The summed E-state index contributed by atoms with van der Waals surface area (Å²) in [6.45, 7) is 1.93. The highest BCUT2D eigenvalue weighted by Gasteiger charge is 2.33. The molecule has 0 aliphatic carbocycles. The first kappa shape index (κ1) is 14.8. The maximum atomic E-state index is 12.4. The third kappa shape index (κ3) is 2.95. The monoisotopic (exact) mass is 296 g/mol. The fourth-order valence-electron chi connectivity index (χ4n) is 2.53. The second-order valence-electron chi connectivity index (χ2n) is 5.25. The summed E-state index contributed by atoms with van der Waals surface area (Å²) in [5.41, 5.74) is 2.56. The Labute approximate surface area is 119 Å². The topological polar surface area (TPSA) is 66.5 Å². The highest BCUT2D eigenvalue weighted by molar-refractivity contribution is 7.91. The molecular formula is C14H20N2O3S. The average Bonchev–Trinajstić information content (AvgIpc) is 2.77. The Morgan fingerprint density at radius 2 is 2.10 bits per heavy atom. The van der Waals surface area contributed by atoms with Crippen LogP contribution in [0.15, 0.2) is 18.2 Å². The number of sulfone groups is 1. The van der Waals surface area contributed by atoms with Crippen molar-refractivity contribution in [1.82, 2.24) is 4.90 Å². The lowest BCUT2D eigenvalue weighted by Gasteiger charge is -2.23. The van der Waals surface area contributed by atoms with Crippen molar-refractivity contribution in [2.45, 2.75) is 19.4 Å². The van der Waals surface area contributed by atoms with E-state index in [9.17, 15) is 13.2 Å². The summed E-state index contributed by atoms with van der Waals surface area (Å²) in [5.74, 6) is 0.119. The predicted octanol–water partition coefficient (Wildman–Crippen LogP) is 1.30. The molecule has 20 heavy (non-hydrogen) atoms. The zero-order chi connectivity index (χ0) is 14.9. The van der Waals surface area contributed by atoms with Gasteiger partial charge in [0.15, 0.2) is 9.84 Å². The van der Waals surface area contributed by atoms with Crippen molar-refractivity contribution in [2.24, 2.45) is 0 Å². The number of nitrogens with zero attached hydrogens (tertiary/aromatic N) is 1. The van der Waals surface area contributed by atoms with Gasteiger partial charge in [-0.1, -0.05) is 0 Å². The van der Waals surface area contributed by atoms with Crippen molar-refractivity contribution in [1.29, 1.82) is 0 Å². The van der Waals surface area contributed by atoms with Crippen LogP contribution in [0.25, 0.3) is 0 Å². The summed E-state index contributed by atoms with van der Waals surface area (Å²) in [7, 11) is 0.530. The van der Waals surface area contributed by atoms with Gasteiger partial charge in [-0.3, -0.25) is 4.79 Å². The minimum absolute atomic E-state index is 0.0722. The van der Waals surface area contributed by atoms with Crippen LogP contribution in [0.4, 0.5) is 5.69 Å². The number of carbonyl (C=O) groups excluding carboxylic acids is 1. The molecule has 1 heterocycles. The largest absolute Gasteiger partial charge is 0.388 e. The molecule has 0 radical (unpaired) electrons. The van der Waals surface area contributed by atoms with Crippen LogP contribution < -0.4 is 5.32 Å². The van der Waals surface area contributed by atoms with Gasteiger partial charge < -0.3 is 10.2 Å². The van der Waals surface area contributed by atoms with Crippen LogP contribution in [0.5, 0.6) is 0 Å². The lowest BCUT2D eigenvalue weighted by Crippen LogP contribution is -2.37. The summed E-state index contributed by atoms with van der Waals surface area (Å²) in [5, 5.41) is 3.05. The molecule has 1 fully saturated rings. The molecule has 0 aromatic heterocycles. The van der Waals surface area contributed by atoms with Crippen LogP contribution in [0.1, 0.15) is 22.3 Å². The van der Waals surface area contributed by atoms with Crippen LogP contribution in [0, 0.1) is 6.92 Å². The van der Waals surface area contributed by atoms with Crippen LogP contribution in [0.3, 0.4) is 0 Å². The zero-order valence-corrected chi connectivity index (χ0v) is 12.8. The molecule has 0 spiro atoms. The second-order valence-corrected chi connectivity index (χ2v) is 7.48. The van der Waals surface area contributed by atoms with Gasteiger partial charge in [0, 0.05) is 31.4 Å². The summed E-state index contributed by atoms with van der Waals surface area (Å²) < 4.78 is 23.0. The van der Waals surface area contributed by atoms with E-state index in [-0.39, 0.29) is 23.5 Å². The van der Waals surface area contributed by atoms with Gasteiger partial charge >= 0.3 is 0 Å². The number of amides is 1. The quantitative estimate of drug-likeness (QED) is 0.913. The molecule has 1 aliphatic heterocycles. The number of rotatable bonds is 3. The van der Waals surface area contributed by atoms with Gasteiger partial charge in [-0.15, -0.1) is 0 Å². The number of anilines is 1. The molecule has 5 nitrogen and oxygen atoms in total. The van der Waals surface area contributed by atoms with E-state index in [0.29, 0.717) is 12.0 Å². The molecule has 1 unspecified atom stereocenters. The molecule has 1 N–H and O–H groups in total. The third-order valence-electron chi connectivity index (χ3n) is 3.82. The van der Waals surface area contributed by atoms with Crippen molar-refractivity contribution in [3.05, 3.63) is 29.3 Å². The molecule has 0 saturated carbocycles. The van der Waals surface area contributed by atoms with Gasteiger partial charge in [0.1, 0.15) is 0 Å². The SMILES string of the molecule is CNc1ccc(C(=O)N(C)C2CCS(=O)(=O)C2)cc1C. The van der Waals surface area contributed by atoms with E-state index >= 15 is 0 Å². The van der Waals surface area contributed by atoms with Gasteiger partial charge in [-0.2, -0.15) is 0 Å². The van der Waals surface area contributed by atoms with E-state index in [1.807, 2.05) is 26.1 Å². The molecule has 0 bridgehead atoms. The molecule has 1 amide bonds. The van der Waals surface area contributed by atoms with E-state index in [0.717, 1.165) is 11.3 Å². The van der Waals surface area contributed by atoms with E-state index in [1.165, 1.54) is 0 Å². The molecular weight excluding hydrogens is 276 g/mol. The Morgan fingerprint density at radius 3 is 2.60 bits per heavy atom. The lowest BCUT2D eigenvalue weighted by atomic mass is 10.1. The Bertz CT molecular complexity index is 625. The van der Waals surface area contributed by atoms with Crippen LogP contribution in [-0.4, -0.2) is 50.9 Å². The third-order valence-corrected chi connectivity index (χ3v) is 5.57. The van der Waals surface area contributed by atoms with Crippen molar-refractivity contribution in [2.75, 3.05) is 30.9 Å². The van der Waals surface area contributed by atoms with Crippen molar-refractivity contribution >= 4 is 21.4 Å². The summed E-state index contributed by atoms with van der Waals surface area (Å²) >= 11 is 0. The summed E-state index contributed by atoms with van der Waals surface area (Å²) in [6, 6.07) is 5.24. The Balaban J connectivity index is 2.17. The maximum Gasteiger partial charge on any atom is 0.253 e. The predicted molar refractivity (Wildman–Crippen MR) is 79.9 cm³/mol. The average molecular weight is 296 g/mol. The van der Waals surface area contributed by atoms with Crippen LogP contribution in [0.2, 0.25) is 0 Å². The molecule has 2 rings (SSSR count). The van der Waals surface area contributed by atoms with Crippen molar-refractivity contribution < 1.29 is 13.2 Å². The van der Waals surface area contributed by atoms with Gasteiger partial charge in [0.05, 0.1) is 11.5 Å². The van der Waals surface area contributed by atoms with E-state index in [1.54, 1.807) is 18.0 Å². The minimum Gasteiger partial charge on any atom is -0.388 e. The maximum absolute atomic E-state index is 12.4. The van der Waals surface area contributed by atoms with Crippen molar-refractivity contribution in [3.8, 4) is 0 Å². The minimum atomic E-state index is -2.98. The number of benzene rings is 1. The number of carbonyl (C=O) groups is 1. The Kier molecular flexibility index (Phi) is 4.04. The van der Waals surface area contributed by atoms with Gasteiger partial charge in [-0.25, -0.2) is 8.42 Å². The van der Waals surface area contributed by atoms with Crippen LogP contribution in [-0.2, 0) is 9.84 Å². The second kappa shape index (κ2) is 5.44. The molecule has 1 aromatic carbocycles. The van der Waals surface area contributed by atoms with E-state index in [2.05, 4.69) is 5.32 Å². The molecule has 1 aromatic rings. The first-order valence-corrected chi connectivity index (χ1v) is 8.42. The number of nitrogens with one attached hydrogen (secondary N) is 1. The fraction of sp³-hybridized carbons (Fsp3) is 0.500. The van der Waals surface area contributed by atoms with E-state index < -0.39 is 9.84 Å². The standard InChI is InChI=1S/C14H20N2O3S/c1-10-8-11(4-5-13(10)15-2)14(17)16(3)12-6-7-20(18,19)9-12/h4-5,8,12,15H,6-7,9H2,1-3H3. The van der Waals surface area contributed by atoms with Crippen molar-refractivity contribution in [3.63, 3.8) is 0 Å². The zero-order valence-electron chi connectivity index (χ0n) is 12.0. The number of hydrogen-bond donors (Lipinski definition) is 1. The van der Waals surface area contributed by atoms with Gasteiger partial charge in [0.2, 0.25) is 0 Å². The van der Waals surface area contributed by atoms with Crippen LogP contribution >= 0.6 is 0 Å². The highest BCUT2D eigenvalue weighted by atomic mass is 32.2. The fourth-order valence-corrected chi connectivity index (χ4v) is 4.30. The summed E-state index contributed by atoms with van der Waals surface area (Å²) in [6.07, 6.45) is 0.526.